The highest BCUT2D eigenvalue weighted by Crippen LogP contribution is 2.18. The van der Waals surface area contributed by atoms with Crippen LogP contribution in [0.5, 0.6) is 0 Å². The third-order valence-corrected chi connectivity index (χ3v) is 1.84. The highest BCUT2D eigenvalue weighted by atomic mass is 16.5. The highest BCUT2D eigenvalue weighted by Gasteiger charge is 2.19. The zero-order chi connectivity index (χ0) is 11.4. The van der Waals surface area contributed by atoms with Crippen LogP contribution in [-0.4, -0.2) is 27.7 Å². The largest absolute Gasteiger partial charge is 0.462 e. The molecule has 0 aliphatic carbocycles. The lowest BCUT2D eigenvalue weighted by Gasteiger charge is -1.99. The molecule has 0 aliphatic heterocycles. The number of hydrogen-bond donors (Lipinski definition) is 0. The monoisotopic (exact) mass is 219 g/mol. The van der Waals surface area contributed by atoms with Crippen LogP contribution >= 0.6 is 0 Å². The second kappa shape index (κ2) is 4.52. The lowest BCUT2D eigenvalue weighted by molar-refractivity contribution is 0.0526. The van der Waals surface area contributed by atoms with Gasteiger partial charge in [0.15, 0.2) is 11.5 Å². The summed E-state index contributed by atoms with van der Waals surface area (Å²) in [4.78, 5) is 19.5. The molecular weight excluding hydrogens is 210 g/mol. The van der Waals surface area contributed by atoms with Crippen LogP contribution in [0, 0.1) is 0 Å². The highest BCUT2D eigenvalue weighted by molar-refractivity contribution is 5.94. The summed E-state index contributed by atoms with van der Waals surface area (Å²) in [5.74, 6) is -0.162. The van der Waals surface area contributed by atoms with Gasteiger partial charge in [-0.05, 0) is 13.0 Å². The number of esters is 1. The van der Waals surface area contributed by atoms with Gasteiger partial charge in [0.25, 0.3) is 0 Å². The molecule has 0 saturated carbocycles. The SMILES string of the molecule is CCOC(=O)c1conc1-c1ncccn1. The van der Waals surface area contributed by atoms with Gasteiger partial charge < -0.3 is 9.26 Å². The summed E-state index contributed by atoms with van der Waals surface area (Å²) in [6.45, 7) is 2.02. The standard InChI is InChI=1S/C10H9N3O3/c1-2-15-10(14)7-6-16-13-8(7)9-11-4-3-5-12-9/h3-6H,2H2,1H3. The molecule has 0 radical (unpaired) electrons. The summed E-state index contributed by atoms with van der Waals surface area (Å²) in [6, 6.07) is 1.67. The Morgan fingerprint density at radius 1 is 1.44 bits per heavy atom. The topological polar surface area (TPSA) is 78.1 Å². The predicted octanol–water partition coefficient (Wildman–Crippen LogP) is 1.31. The molecule has 6 heteroatoms. The molecule has 2 rings (SSSR count). The minimum Gasteiger partial charge on any atom is -0.462 e. The summed E-state index contributed by atoms with van der Waals surface area (Å²) in [5, 5.41) is 3.69. The van der Waals surface area contributed by atoms with Gasteiger partial charge in [0.1, 0.15) is 11.8 Å². The number of rotatable bonds is 3. The molecule has 0 amide bonds. The molecule has 0 saturated heterocycles. The van der Waals surface area contributed by atoms with Gasteiger partial charge in [-0.15, -0.1) is 0 Å². The average molecular weight is 219 g/mol. The van der Waals surface area contributed by atoms with E-state index in [9.17, 15) is 4.79 Å². The molecule has 82 valence electrons. The first kappa shape index (κ1) is 10.3. The Balaban J connectivity index is 2.37. The second-order valence-electron chi connectivity index (χ2n) is 2.87. The molecular formula is C10H9N3O3. The first-order valence-electron chi connectivity index (χ1n) is 4.71. The summed E-state index contributed by atoms with van der Waals surface area (Å²) >= 11 is 0. The van der Waals surface area contributed by atoms with E-state index in [0.29, 0.717) is 18.1 Å². The molecule has 2 aromatic heterocycles. The number of ether oxygens (including phenoxy) is 1. The van der Waals surface area contributed by atoms with Gasteiger partial charge in [0.2, 0.25) is 0 Å². The quantitative estimate of drug-likeness (QED) is 0.724. The van der Waals surface area contributed by atoms with Crippen molar-refractivity contribution in [3.8, 4) is 11.5 Å². The smallest absolute Gasteiger partial charge is 0.343 e. The van der Waals surface area contributed by atoms with Gasteiger partial charge in [-0.1, -0.05) is 5.16 Å². The zero-order valence-electron chi connectivity index (χ0n) is 8.58. The van der Waals surface area contributed by atoms with Crippen molar-refractivity contribution in [2.45, 2.75) is 6.92 Å². The van der Waals surface area contributed by atoms with Crippen molar-refractivity contribution in [1.29, 1.82) is 0 Å². The summed E-state index contributed by atoms with van der Waals surface area (Å²) in [5.41, 5.74) is 0.520. The number of aromatic nitrogens is 3. The van der Waals surface area contributed by atoms with Gasteiger partial charge in [-0.2, -0.15) is 0 Å². The first-order valence-corrected chi connectivity index (χ1v) is 4.71. The molecule has 16 heavy (non-hydrogen) atoms. The van der Waals surface area contributed by atoms with Gasteiger partial charge >= 0.3 is 5.97 Å². The Kier molecular flexibility index (Phi) is 2.90. The predicted molar refractivity (Wildman–Crippen MR) is 53.5 cm³/mol. The van der Waals surface area contributed by atoms with E-state index in [2.05, 4.69) is 15.1 Å². The Bertz CT molecular complexity index is 481. The van der Waals surface area contributed by atoms with E-state index in [1.54, 1.807) is 25.4 Å². The van der Waals surface area contributed by atoms with E-state index in [1.807, 2.05) is 0 Å². The molecule has 0 bridgehead atoms. The Hall–Kier alpha value is -2.24. The lowest BCUT2D eigenvalue weighted by atomic mass is 10.2. The van der Waals surface area contributed by atoms with Crippen molar-refractivity contribution in [3.05, 3.63) is 30.3 Å². The first-order chi connectivity index (χ1) is 7.83. The molecule has 0 atom stereocenters. The van der Waals surface area contributed by atoms with E-state index in [-0.39, 0.29) is 5.56 Å². The van der Waals surface area contributed by atoms with E-state index in [1.165, 1.54) is 6.26 Å². The van der Waals surface area contributed by atoms with Crippen molar-refractivity contribution in [2.75, 3.05) is 6.61 Å². The second-order valence-corrected chi connectivity index (χ2v) is 2.87. The van der Waals surface area contributed by atoms with Crippen molar-refractivity contribution < 1.29 is 14.1 Å². The van der Waals surface area contributed by atoms with E-state index < -0.39 is 5.97 Å². The van der Waals surface area contributed by atoms with Crippen LogP contribution in [0.2, 0.25) is 0 Å². The Labute approximate surface area is 91.3 Å². The number of nitrogens with zero attached hydrogens (tertiary/aromatic N) is 3. The van der Waals surface area contributed by atoms with Crippen molar-refractivity contribution >= 4 is 5.97 Å². The molecule has 6 nitrogen and oxygen atoms in total. The third-order valence-electron chi connectivity index (χ3n) is 1.84. The van der Waals surface area contributed by atoms with Gasteiger partial charge in [-0.3, -0.25) is 0 Å². The average Bonchev–Trinajstić information content (AvgIpc) is 2.79. The number of carbonyl (C=O) groups excluding carboxylic acids is 1. The summed E-state index contributed by atoms with van der Waals surface area (Å²) in [6.07, 6.45) is 4.35. The van der Waals surface area contributed by atoms with Crippen molar-refractivity contribution in [2.24, 2.45) is 0 Å². The molecule has 0 N–H and O–H groups in total. The number of carbonyl (C=O) groups is 1. The maximum Gasteiger partial charge on any atom is 0.343 e. The zero-order valence-corrected chi connectivity index (χ0v) is 8.58. The van der Waals surface area contributed by atoms with Gasteiger partial charge in [0.05, 0.1) is 6.61 Å². The summed E-state index contributed by atoms with van der Waals surface area (Å²) < 4.78 is 9.59. The Morgan fingerprint density at radius 3 is 2.88 bits per heavy atom. The van der Waals surface area contributed by atoms with Crippen LogP contribution in [0.15, 0.2) is 29.2 Å². The van der Waals surface area contributed by atoms with E-state index in [4.69, 9.17) is 9.26 Å². The maximum atomic E-state index is 11.5. The molecule has 0 aliphatic rings. The van der Waals surface area contributed by atoms with E-state index in [0.717, 1.165) is 0 Å². The van der Waals surface area contributed by atoms with Crippen LogP contribution < -0.4 is 0 Å². The van der Waals surface area contributed by atoms with Crippen molar-refractivity contribution in [3.63, 3.8) is 0 Å². The fourth-order valence-corrected chi connectivity index (χ4v) is 1.17. The Morgan fingerprint density at radius 2 is 2.19 bits per heavy atom. The van der Waals surface area contributed by atoms with Gasteiger partial charge in [0, 0.05) is 12.4 Å². The normalized spacial score (nSPS) is 10.1. The maximum absolute atomic E-state index is 11.5. The number of hydrogen-bond acceptors (Lipinski definition) is 6. The fourth-order valence-electron chi connectivity index (χ4n) is 1.17. The lowest BCUT2D eigenvalue weighted by Crippen LogP contribution is -2.05. The fraction of sp³-hybridized carbons (Fsp3) is 0.200. The molecule has 0 aromatic carbocycles. The molecule has 2 aromatic rings. The van der Waals surface area contributed by atoms with Crippen molar-refractivity contribution in [1.82, 2.24) is 15.1 Å². The third kappa shape index (κ3) is 1.90. The molecule has 0 fully saturated rings. The van der Waals surface area contributed by atoms with Crippen LogP contribution in [0.4, 0.5) is 0 Å². The summed E-state index contributed by atoms with van der Waals surface area (Å²) in [7, 11) is 0. The van der Waals surface area contributed by atoms with Crippen LogP contribution in [-0.2, 0) is 4.74 Å². The van der Waals surface area contributed by atoms with Gasteiger partial charge in [-0.25, -0.2) is 14.8 Å². The van der Waals surface area contributed by atoms with Crippen LogP contribution in [0.25, 0.3) is 11.5 Å². The van der Waals surface area contributed by atoms with E-state index >= 15 is 0 Å². The van der Waals surface area contributed by atoms with Crippen LogP contribution in [0.1, 0.15) is 17.3 Å². The molecule has 2 heterocycles. The minimum absolute atomic E-state index is 0.230. The molecule has 0 unspecified atom stereocenters. The molecule has 0 spiro atoms. The van der Waals surface area contributed by atoms with Crippen LogP contribution in [0.3, 0.4) is 0 Å². The minimum atomic E-state index is -0.494.